The van der Waals surface area contributed by atoms with E-state index >= 15 is 0 Å². The lowest BCUT2D eigenvalue weighted by molar-refractivity contribution is 0.137. The molecule has 7 nitrogen and oxygen atoms in total. The Kier molecular flexibility index (Phi) is 13.5. The van der Waals surface area contributed by atoms with Gasteiger partial charge in [0.25, 0.3) is 0 Å². The molecular formula is C18H40N4O3. The molecule has 1 atom stereocenters. The molecule has 0 aromatic rings. The topological polar surface area (TPSA) is 82.4 Å². The maximum Gasteiger partial charge on any atom is 0.0558 e. The monoisotopic (exact) mass is 360 g/mol. The van der Waals surface area contributed by atoms with Crippen molar-refractivity contribution in [2.75, 3.05) is 91.8 Å². The van der Waals surface area contributed by atoms with Gasteiger partial charge in [-0.1, -0.05) is 6.92 Å². The Morgan fingerprint density at radius 2 is 1.36 bits per heavy atom. The van der Waals surface area contributed by atoms with Crippen LogP contribution in [0, 0.1) is 5.92 Å². The van der Waals surface area contributed by atoms with Crippen molar-refractivity contribution in [1.82, 2.24) is 20.0 Å². The number of aliphatic hydroxyl groups is 3. The molecule has 1 aliphatic rings. The third-order valence-electron chi connectivity index (χ3n) is 4.83. The average Bonchev–Trinajstić information content (AvgIpc) is 2.61. The molecule has 0 saturated carbocycles. The van der Waals surface area contributed by atoms with Crippen molar-refractivity contribution in [3.63, 3.8) is 0 Å². The molecule has 150 valence electrons. The van der Waals surface area contributed by atoms with Crippen molar-refractivity contribution in [2.24, 2.45) is 5.92 Å². The molecule has 0 amide bonds. The number of nitrogens with zero attached hydrogens (tertiary/aromatic N) is 3. The van der Waals surface area contributed by atoms with E-state index in [0.717, 1.165) is 78.3 Å². The molecular weight excluding hydrogens is 320 g/mol. The maximum absolute atomic E-state index is 9.32. The van der Waals surface area contributed by atoms with Gasteiger partial charge in [-0.15, -0.1) is 0 Å². The van der Waals surface area contributed by atoms with E-state index in [1.54, 1.807) is 0 Å². The molecule has 1 fully saturated rings. The summed E-state index contributed by atoms with van der Waals surface area (Å²) in [4.78, 5) is 7.07. The van der Waals surface area contributed by atoms with Crippen molar-refractivity contribution in [3.8, 4) is 0 Å². The summed E-state index contributed by atoms with van der Waals surface area (Å²) in [6, 6.07) is 0. The van der Waals surface area contributed by atoms with E-state index in [9.17, 15) is 15.3 Å². The van der Waals surface area contributed by atoms with Crippen molar-refractivity contribution in [1.29, 1.82) is 0 Å². The normalized spacial score (nSPS) is 22.6. The SMILES string of the molecule is CC(CO)CN1CCCN(CCO)CCN(CCO)CCCNCC1. The van der Waals surface area contributed by atoms with Gasteiger partial charge >= 0.3 is 0 Å². The van der Waals surface area contributed by atoms with Gasteiger partial charge in [0.2, 0.25) is 0 Å². The van der Waals surface area contributed by atoms with Crippen molar-refractivity contribution >= 4 is 0 Å². The van der Waals surface area contributed by atoms with Gasteiger partial charge in [0.05, 0.1) is 13.2 Å². The first-order chi connectivity index (χ1) is 12.2. The number of hydrogen-bond acceptors (Lipinski definition) is 7. The fraction of sp³-hybridized carbons (Fsp3) is 1.00. The van der Waals surface area contributed by atoms with Gasteiger partial charge < -0.3 is 25.5 Å². The minimum atomic E-state index is 0.190. The van der Waals surface area contributed by atoms with Crippen LogP contribution in [0.4, 0.5) is 0 Å². The molecule has 0 aromatic heterocycles. The van der Waals surface area contributed by atoms with Gasteiger partial charge in [-0.25, -0.2) is 0 Å². The average molecular weight is 361 g/mol. The number of nitrogens with one attached hydrogen (secondary N) is 1. The molecule has 1 rings (SSSR count). The largest absolute Gasteiger partial charge is 0.396 e. The maximum atomic E-state index is 9.32. The van der Waals surface area contributed by atoms with E-state index in [4.69, 9.17) is 0 Å². The van der Waals surface area contributed by atoms with Crippen LogP contribution in [0.25, 0.3) is 0 Å². The Morgan fingerprint density at radius 1 is 0.760 bits per heavy atom. The second-order valence-corrected chi connectivity index (χ2v) is 7.18. The van der Waals surface area contributed by atoms with Crippen LogP contribution < -0.4 is 5.32 Å². The zero-order chi connectivity index (χ0) is 18.3. The second-order valence-electron chi connectivity index (χ2n) is 7.18. The van der Waals surface area contributed by atoms with Crippen LogP contribution >= 0.6 is 0 Å². The second kappa shape index (κ2) is 14.8. The van der Waals surface area contributed by atoms with Crippen molar-refractivity contribution in [3.05, 3.63) is 0 Å². The Morgan fingerprint density at radius 3 is 1.96 bits per heavy atom. The summed E-state index contributed by atoms with van der Waals surface area (Å²) in [6.07, 6.45) is 2.14. The first-order valence-corrected chi connectivity index (χ1v) is 9.90. The summed E-state index contributed by atoms with van der Waals surface area (Å²) in [5, 5.41) is 31.4. The lowest BCUT2D eigenvalue weighted by Crippen LogP contribution is -2.42. The minimum absolute atomic E-state index is 0.190. The molecule has 1 saturated heterocycles. The Balaban J connectivity index is 2.55. The lowest BCUT2D eigenvalue weighted by atomic mass is 10.2. The lowest BCUT2D eigenvalue weighted by Gasteiger charge is -2.30. The van der Waals surface area contributed by atoms with E-state index in [-0.39, 0.29) is 19.8 Å². The first kappa shape index (κ1) is 22.8. The van der Waals surface area contributed by atoms with E-state index in [0.29, 0.717) is 12.5 Å². The molecule has 0 aromatic carbocycles. The Bertz CT molecular complexity index is 310. The molecule has 0 aliphatic carbocycles. The highest BCUT2D eigenvalue weighted by Crippen LogP contribution is 2.03. The summed E-state index contributed by atoms with van der Waals surface area (Å²) in [7, 11) is 0. The Hall–Kier alpha value is -0.280. The molecule has 1 aliphatic heterocycles. The predicted octanol–water partition coefficient (Wildman–Crippen LogP) is -1.11. The standard InChI is InChI=1S/C18H40N4O3/c1-18(17-25)16-22-8-3-7-21(13-15-24)11-10-20(12-14-23)6-2-4-19-5-9-22/h18-19,23-25H,2-17H2,1H3. The molecule has 1 unspecified atom stereocenters. The molecule has 7 heteroatoms. The van der Waals surface area contributed by atoms with Crippen LogP contribution in [0.1, 0.15) is 19.8 Å². The van der Waals surface area contributed by atoms with E-state index in [1.165, 1.54) is 0 Å². The zero-order valence-corrected chi connectivity index (χ0v) is 16.1. The van der Waals surface area contributed by atoms with Gasteiger partial charge in [-0.2, -0.15) is 0 Å². The first-order valence-electron chi connectivity index (χ1n) is 9.90. The van der Waals surface area contributed by atoms with Crippen LogP contribution in [0.5, 0.6) is 0 Å². The number of β-amino-alcohol motifs (C(OH)–C–C–N with tert-alkyl or cyclic N) is 2. The molecule has 0 radical (unpaired) electrons. The zero-order valence-electron chi connectivity index (χ0n) is 16.1. The van der Waals surface area contributed by atoms with E-state index in [2.05, 4.69) is 26.9 Å². The fourth-order valence-corrected chi connectivity index (χ4v) is 3.34. The van der Waals surface area contributed by atoms with Crippen LogP contribution in [0.2, 0.25) is 0 Å². The summed E-state index contributed by atoms with van der Waals surface area (Å²) < 4.78 is 0. The highest BCUT2D eigenvalue weighted by molar-refractivity contribution is 4.69. The van der Waals surface area contributed by atoms with Gasteiger partial charge in [-0.05, 0) is 44.9 Å². The minimum Gasteiger partial charge on any atom is -0.396 e. The summed E-state index contributed by atoms with van der Waals surface area (Å²) >= 11 is 0. The number of hydrogen-bond donors (Lipinski definition) is 4. The van der Waals surface area contributed by atoms with Crippen LogP contribution in [-0.4, -0.2) is 122 Å². The smallest absolute Gasteiger partial charge is 0.0558 e. The highest BCUT2D eigenvalue weighted by atomic mass is 16.3. The van der Waals surface area contributed by atoms with Crippen LogP contribution in [0.3, 0.4) is 0 Å². The van der Waals surface area contributed by atoms with Crippen LogP contribution in [0.15, 0.2) is 0 Å². The Labute approximate surface area is 153 Å². The molecule has 0 spiro atoms. The highest BCUT2D eigenvalue weighted by Gasteiger charge is 2.13. The summed E-state index contributed by atoms with van der Waals surface area (Å²) in [5.74, 6) is 0.305. The quantitative estimate of drug-likeness (QED) is 0.458. The third-order valence-corrected chi connectivity index (χ3v) is 4.83. The third kappa shape index (κ3) is 11.1. The molecule has 4 N–H and O–H groups in total. The molecule has 1 heterocycles. The van der Waals surface area contributed by atoms with E-state index < -0.39 is 0 Å². The number of aliphatic hydroxyl groups excluding tert-OH is 3. The molecule has 0 bridgehead atoms. The van der Waals surface area contributed by atoms with Gasteiger partial charge in [0.1, 0.15) is 0 Å². The summed E-state index contributed by atoms with van der Waals surface area (Å²) in [6.45, 7) is 12.9. The van der Waals surface area contributed by atoms with E-state index in [1.807, 2.05) is 0 Å². The van der Waals surface area contributed by atoms with Crippen molar-refractivity contribution < 1.29 is 15.3 Å². The molecule has 25 heavy (non-hydrogen) atoms. The summed E-state index contributed by atoms with van der Waals surface area (Å²) in [5.41, 5.74) is 0. The number of rotatable bonds is 7. The van der Waals surface area contributed by atoms with Gasteiger partial charge in [0.15, 0.2) is 0 Å². The fourth-order valence-electron chi connectivity index (χ4n) is 3.34. The van der Waals surface area contributed by atoms with Crippen molar-refractivity contribution in [2.45, 2.75) is 19.8 Å². The van der Waals surface area contributed by atoms with Gasteiger partial charge in [-0.3, -0.25) is 9.80 Å². The van der Waals surface area contributed by atoms with Crippen LogP contribution in [-0.2, 0) is 0 Å². The van der Waals surface area contributed by atoms with Gasteiger partial charge in [0, 0.05) is 52.4 Å². The predicted molar refractivity (Wildman–Crippen MR) is 102 cm³/mol.